The van der Waals surface area contributed by atoms with Gasteiger partial charge in [0.15, 0.2) is 17.4 Å². The summed E-state index contributed by atoms with van der Waals surface area (Å²) in [6.45, 7) is -0.263. The summed E-state index contributed by atoms with van der Waals surface area (Å²) in [5.74, 6) is -8.32. The second-order valence-corrected chi connectivity index (χ2v) is 4.08. The van der Waals surface area contributed by atoms with E-state index >= 15 is 0 Å². The van der Waals surface area contributed by atoms with E-state index in [2.05, 4.69) is 0 Å². The van der Waals surface area contributed by atoms with Gasteiger partial charge in [0.2, 0.25) is 5.82 Å². The lowest BCUT2D eigenvalue weighted by molar-refractivity contribution is 0.0689. The van der Waals surface area contributed by atoms with Gasteiger partial charge < -0.3 is 9.84 Å². The van der Waals surface area contributed by atoms with E-state index in [9.17, 15) is 22.4 Å². The van der Waals surface area contributed by atoms with Crippen LogP contribution in [0.4, 0.5) is 17.6 Å². The SMILES string of the molecule is O=C(O)c1cc(OCc2ccc(F)cc2)c(F)c(F)c1F. The van der Waals surface area contributed by atoms with Gasteiger partial charge in [-0.1, -0.05) is 12.1 Å². The maximum absolute atomic E-state index is 13.5. The summed E-state index contributed by atoms with van der Waals surface area (Å²) in [6, 6.07) is 5.54. The Hall–Kier alpha value is -2.57. The minimum atomic E-state index is -1.93. The monoisotopic (exact) mass is 300 g/mol. The number of carboxylic acids is 1. The second-order valence-electron chi connectivity index (χ2n) is 4.08. The zero-order valence-corrected chi connectivity index (χ0v) is 10.4. The maximum Gasteiger partial charge on any atom is 0.338 e. The molecule has 0 fully saturated rings. The van der Waals surface area contributed by atoms with E-state index in [1.165, 1.54) is 12.1 Å². The molecule has 0 saturated heterocycles. The largest absolute Gasteiger partial charge is 0.486 e. The number of halogens is 4. The highest BCUT2D eigenvalue weighted by Gasteiger charge is 2.23. The first-order chi connectivity index (χ1) is 9.90. The first-order valence-corrected chi connectivity index (χ1v) is 5.68. The third-order valence-electron chi connectivity index (χ3n) is 2.65. The molecule has 7 heteroatoms. The molecule has 2 rings (SSSR count). The van der Waals surface area contributed by atoms with Crippen molar-refractivity contribution in [1.29, 1.82) is 0 Å². The lowest BCUT2D eigenvalue weighted by atomic mass is 10.2. The van der Waals surface area contributed by atoms with Gasteiger partial charge in [0, 0.05) is 6.07 Å². The van der Waals surface area contributed by atoms with Crippen LogP contribution in [0.5, 0.6) is 5.75 Å². The Morgan fingerprint density at radius 3 is 2.19 bits per heavy atom. The molecule has 0 aliphatic rings. The average molecular weight is 300 g/mol. The summed E-state index contributed by atoms with van der Waals surface area (Å²) in [7, 11) is 0. The number of hydrogen-bond donors (Lipinski definition) is 1. The predicted molar refractivity (Wildman–Crippen MR) is 64.0 cm³/mol. The molecule has 0 aromatic heterocycles. The summed E-state index contributed by atoms with van der Waals surface area (Å²) in [6.07, 6.45) is 0. The van der Waals surface area contributed by atoms with Gasteiger partial charge in [-0.25, -0.2) is 18.0 Å². The first-order valence-electron chi connectivity index (χ1n) is 5.68. The van der Waals surface area contributed by atoms with Crippen LogP contribution < -0.4 is 4.74 Å². The molecule has 0 amide bonds. The van der Waals surface area contributed by atoms with E-state index in [0.717, 1.165) is 12.1 Å². The highest BCUT2D eigenvalue weighted by molar-refractivity contribution is 5.88. The van der Waals surface area contributed by atoms with Crippen molar-refractivity contribution in [2.45, 2.75) is 6.61 Å². The Labute approximate surface area is 116 Å². The van der Waals surface area contributed by atoms with Crippen LogP contribution in [-0.4, -0.2) is 11.1 Å². The quantitative estimate of drug-likeness (QED) is 0.694. The minimum Gasteiger partial charge on any atom is -0.486 e. The van der Waals surface area contributed by atoms with Crippen molar-refractivity contribution in [3.8, 4) is 5.75 Å². The number of carboxylic acid groups (broad SMARTS) is 1. The second kappa shape index (κ2) is 5.82. The number of aromatic carboxylic acids is 1. The number of rotatable bonds is 4. The zero-order chi connectivity index (χ0) is 15.6. The number of benzene rings is 2. The molecule has 0 heterocycles. The molecule has 2 aromatic carbocycles. The third kappa shape index (κ3) is 3.13. The molecule has 0 radical (unpaired) electrons. The van der Waals surface area contributed by atoms with Crippen LogP contribution in [0.25, 0.3) is 0 Å². The molecule has 0 spiro atoms. The van der Waals surface area contributed by atoms with E-state index in [-0.39, 0.29) is 6.61 Å². The van der Waals surface area contributed by atoms with Crippen LogP contribution in [0.3, 0.4) is 0 Å². The molecule has 110 valence electrons. The molecule has 0 aliphatic heterocycles. The summed E-state index contributed by atoms with van der Waals surface area (Å²) in [5, 5.41) is 8.69. The van der Waals surface area contributed by atoms with E-state index in [0.29, 0.717) is 11.6 Å². The fourth-order valence-electron chi connectivity index (χ4n) is 1.58. The molecule has 0 unspecified atom stereocenters. The Balaban J connectivity index is 2.27. The summed E-state index contributed by atoms with van der Waals surface area (Å²) in [5.41, 5.74) is -0.597. The smallest absolute Gasteiger partial charge is 0.338 e. The Kier molecular flexibility index (Phi) is 4.11. The van der Waals surface area contributed by atoms with E-state index in [4.69, 9.17) is 9.84 Å². The minimum absolute atomic E-state index is 0.263. The van der Waals surface area contributed by atoms with Crippen LogP contribution in [0.1, 0.15) is 15.9 Å². The standard InChI is InChI=1S/C14H8F4O3/c15-8-3-1-7(2-4-8)6-21-10-5-9(14(19)20)11(16)13(18)12(10)17/h1-5H,6H2,(H,19,20). The average Bonchev–Trinajstić information content (AvgIpc) is 2.45. The molecule has 1 N–H and O–H groups in total. The van der Waals surface area contributed by atoms with Gasteiger partial charge >= 0.3 is 5.97 Å². The molecule has 0 atom stereocenters. The van der Waals surface area contributed by atoms with Crippen LogP contribution in [0.2, 0.25) is 0 Å². The van der Waals surface area contributed by atoms with Crippen molar-refractivity contribution in [2.75, 3.05) is 0 Å². The molecular formula is C14H8F4O3. The molecule has 0 saturated carbocycles. The number of carbonyl (C=O) groups is 1. The van der Waals surface area contributed by atoms with Gasteiger partial charge in [0.05, 0.1) is 0 Å². The van der Waals surface area contributed by atoms with Gasteiger partial charge in [-0.3, -0.25) is 0 Å². The lowest BCUT2D eigenvalue weighted by Gasteiger charge is -2.10. The number of ether oxygens (including phenoxy) is 1. The highest BCUT2D eigenvalue weighted by atomic mass is 19.2. The fraction of sp³-hybridized carbons (Fsp3) is 0.0714. The van der Waals surface area contributed by atoms with Crippen molar-refractivity contribution in [3.05, 3.63) is 64.7 Å². The van der Waals surface area contributed by atoms with Crippen LogP contribution in [0, 0.1) is 23.3 Å². The van der Waals surface area contributed by atoms with Gasteiger partial charge in [0.25, 0.3) is 0 Å². The fourth-order valence-corrected chi connectivity index (χ4v) is 1.58. The molecule has 0 bridgehead atoms. The molecule has 3 nitrogen and oxygen atoms in total. The Morgan fingerprint density at radius 1 is 1.00 bits per heavy atom. The number of hydrogen-bond acceptors (Lipinski definition) is 2. The van der Waals surface area contributed by atoms with Crippen LogP contribution in [0.15, 0.2) is 30.3 Å². The molecule has 2 aromatic rings. The van der Waals surface area contributed by atoms with E-state index in [1.807, 2.05) is 0 Å². The Morgan fingerprint density at radius 2 is 1.62 bits per heavy atom. The normalized spacial score (nSPS) is 10.5. The van der Waals surface area contributed by atoms with Gasteiger partial charge in [-0.15, -0.1) is 0 Å². The Bertz CT molecular complexity index is 684. The summed E-state index contributed by atoms with van der Waals surface area (Å²) in [4.78, 5) is 10.7. The first kappa shape index (κ1) is 14.8. The van der Waals surface area contributed by atoms with Crippen molar-refractivity contribution in [2.24, 2.45) is 0 Å². The van der Waals surface area contributed by atoms with Crippen molar-refractivity contribution in [1.82, 2.24) is 0 Å². The lowest BCUT2D eigenvalue weighted by Crippen LogP contribution is -2.08. The molecule has 0 aliphatic carbocycles. The summed E-state index contributed by atoms with van der Waals surface area (Å²) < 4.78 is 57.6. The predicted octanol–water partition coefficient (Wildman–Crippen LogP) is 3.52. The van der Waals surface area contributed by atoms with Crippen molar-refractivity contribution < 1.29 is 32.2 Å². The van der Waals surface area contributed by atoms with E-state index in [1.54, 1.807) is 0 Å². The van der Waals surface area contributed by atoms with Crippen molar-refractivity contribution in [3.63, 3.8) is 0 Å². The maximum atomic E-state index is 13.5. The third-order valence-corrected chi connectivity index (χ3v) is 2.65. The molecular weight excluding hydrogens is 292 g/mol. The highest BCUT2D eigenvalue weighted by Crippen LogP contribution is 2.26. The van der Waals surface area contributed by atoms with Crippen molar-refractivity contribution >= 4 is 5.97 Å². The van der Waals surface area contributed by atoms with Crippen LogP contribution in [-0.2, 0) is 6.61 Å². The van der Waals surface area contributed by atoms with Crippen LogP contribution >= 0.6 is 0 Å². The summed E-state index contributed by atoms with van der Waals surface area (Å²) >= 11 is 0. The molecule has 21 heavy (non-hydrogen) atoms. The van der Waals surface area contributed by atoms with E-state index < -0.39 is 40.6 Å². The van der Waals surface area contributed by atoms with Gasteiger partial charge in [-0.05, 0) is 17.7 Å². The zero-order valence-electron chi connectivity index (χ0n) is 10.4. The van der Waals surface area contributed by atoms with Gasteiger partial charge in [0.1, 0.15) is 18.0 Å². The van der Waals surface area contributed by atoms with Gasteiger partial charge in [-0.2, -0.15) is 4.39 Å². The topological polar surface area (TPSA) is 46.5 Å².